The van der Waals surface area contributed by atoms with E-state index in [1.807, 2.05) is 29.6 Å². The van der Waals surface area contributed by atoms with Gasteiger partial charge >= 0.3 is 5.97 Å². The fourth-order valence-electron chi connectivity index (χ4n) is 1.70. The first kappa shape index (κ1) is 14.1. The zero-order valence-electron chi connectivity index (χ0n) is 9.69. The first-order valence-corrected chi connectivity index (χ1v) is 8.62. The van der Waals surface area contributed by atoms with E-state index in [1.165, 1.54) is 11.5 Å². The molecule has 1 aliphatic rings. The van der Waals surface area contributed by atoms with E-state index in [0.717, 1.165) is 22.5 Å². The predicted molar refractivity (Wildman–Crippen MR) is 83.2 cm³/mol. The second kappa shape index (κ2) is 6.73. The molecular formula is C12H14BrNO2S2. The van der Waals surface area contributed by atoms with Crippen LogP contribution in [-0.4, -0.2) is 40.1 Å². The fraction of sp³-hybridized carbons (Fsp3) is 0.417. The molecule has 3 nitrogen and oxygen atoms in total. The first-order chi connectivity index (χ1) is 8.65. The van der Waals surface area contributed by atoms with Crippen molar-refractivity contribution < 1.29 is 9.90 Å². The van der Waals surface area contributed by atoms with E-state index in [9.17, 15) is 4.79 Å². The second-order valence-electron chi connectivity index (χ2n) is 3.98. The number of hydrogen-bond acceptors (Lipinski definition) is 4. The maximum Gasteiger partial charge on any atom is 0.335 e. The molecule has 18 heavy (non-hydrogen) atoms. The van der Waals surface area contributed by atoms with Crippen LogP contribution in [0.3, 0.4) is 0 Å². The first-order valence-electron chi connectivity index (χ1n) is 5.62. The van der Waals surface area contributed by atoms with Gasteiger partial charge in [-0.25, -0.2) is 4.79 Å². The standard InChI is InChI=1S/C12H14BrNO2S2/c13-9-3-8(12(15)16)4-10(5-9)14-6-11-7-17-1-2-18-11/h3-5,11,14H,1-2,6-7H2,(H,15,16). The van der Waals surface area contributed by atoms with Crippen molar-refractivity contribution in [2.45, 2.75) is 5.25 Å². The van der Waals surface area contributed by atoms with Gasteiger partial charge < -0.3 is 10.4 Å². The summed E-state index contributed by atoms with van der Waals surface area (Å²) in [5, 5.41) is 12.9. The molecule has 0 aromatic heterocycles. The third kappa shape index (κ3) is 4.10. The number of carbonyl (C=O) groups is 1. The molecule has 0 aliphatic carbocycles. The van der Waals surface area contributed by atoms with E-state index < -0.39 is 5.97 Å². The Morgan fingerprint density at radius 2 is 2.28 bits per heavy atom. The molecule has 1 saturated heterocycles. The number of hydrogen-bond donors (Lipinski definition) is 2. The van der Waals surface area contributed by atoms with Crippen LogP contribution in [0.2, 0.25) is 0 Å². The van der Waals surface area contributed by atoms with Crippen LogP contribution in [0.5, 0.6) is 0 Å². The van der Waals surface area contributed by atoms with E-state index in [4.69, 9.17) is 5.11 Å². The van der Waals surface area contributed by atoms with E-state index in [1.54, 1.807) is 12.1 Å². The maximum atomic E-state index is 11.0. The summed E-state index contributed by atoms with van der Waals surface area (Å²) in [6.07, 6.45) is 0. The van der Waals surface area contributed by atoms with E-state index >= 15 is 0 Å². The molecule has 2 rings (SSSR count). The molecule has 0 spiro atoms. The number of benzene rings is 1. The lowest BCUT2D eigenvalue weighted by Crippen LogP contribution is -2.23. The summed E-state index contributed by atoms with van der Waals surface area (Å²) >= 11 is 7.31. The third-order valence-electron chi connectivity index (χ3n) is 2.56. The highest BCUT2D eigenvalue weighted by Crippen LogP contribution is 2.25. The molecule has 6 heteroatoms. The van der Waals surface area contributed by atoms with E-state index in [2.05, 4.69) is 21.2 Å². The summed E-state index contributed by atoms with van der Waals surface area (Å²) in [4.78, 5) is 11.0. The lowest BCUT2D eigenvalue weighted by molar-refractivity contribution is 0.0697. The molecule has 98 valence electrons. The number of aromatic carboxylic acids is 1. The monoisotopic (exact) mass is 347 g/mol. The minimum Gasteiger partial charge on any atom is -0.478 e. The van der Waals surface area contributed by atoms with Gasteiger partial charge in [-0.1, -0.05) is 15.9 Å². The smallest absolute Gasteiger partial charge is 0.335 e. The van der Waals surface area contributed by atoms with Crippen LogP contribution >= 0.6 is 39.5 Å². The van der Waals surface area contributed by atoms with E-state index in [-0.39, 0.29) is 0 Å². The van der Waals surface area contributed by atoms with Crippen molar-refractivity contribution in [2.24, 2.45) is 0 Å². The summed E-state index contributed by atoms with van der Waals surface area (Å²) in [5.74, 6) is 2.70. The minimum absolute atomic E-state index is 0.303. The summed E-state index contributed by atoms with van der Waals surface area (Å²) in [6.45, 7) is 0.882. The maximum absolute atomic E-state index is 11.0. The van der Waals surface area contributed by atoms with Gasteiger partial charge in [0.2, 0.25) is 0 Å². The molecule has 0 bridgehead atoms. The third-order valence-corrected chi connectivity index (χ3v) is 5.87. The van der Waals surface area contributed by atoms with Crippen LogP contribution in [-0.2, 0) is 0 Å². The van der Waals surface area contributed by atoms with Crippen LogP contribution < -0.4 is 5.32 Å². The molecule has 2 N–H and O–H groups in total. The van der Waals surface area contributed by atoms with Gasteiger partial charge in [0, 0.05) is 39.2 Å². The molecule has 1 aromatic carbocycles. The Labute approximate surface area is 123 Å². The van der Waals surface area contributed by atoms with Crippen LogP contribution in [0.25, 0.3) is 0 Å². The topological polar surface area (TPSA) is 49.3 Å². The second-order valence-corrected chi connectivity index (χ2v) is 7.46. The van der Waals surface area contributed by atoms with Crippen molar-refractivity contribution in [3.63, 3.8) is 0 Å². The van der Waals surface area contributed by atoms with Gasteiger partial charge in [-0.05, 0) is 18.2 Å². The molecule has 1 unspecified atom stereocenters. The molecule has 0 amide bonds. The Hall–Kier alpha value is -0.330. The quantitative estimate of drug-likeness (QED) is 0.873. The molecule has 0 radical (unpaired) electrons. The highest BCUT2D eigenvalue weighted by atomic mass is 79.9. The number of anilines is 1. The zero-order chi connectivity index (χ0) is 13.0. The van der Waals surface area contributed by atoms with Crippen molar-refractivity contribution in [1.82, 2.24) is 0 Å². The number of thioether (sulfide) groups is 2. The van der Waals surface area contributed by atoms with Gasteiger partial charge in [0.1, 0.15) is 0 Å². The average Bonchev–Trinajstić information content (AvgIpc) is 2.37. The Morgan fingerprint density at radius 1 is 1.44 bits per heavy atom. The van der Waals surface area contributed by atoms with Gasteiger partial charge in [-0.2, -0.15) is 23.5 Å². The highest BCUT2D eigenvalue weighted by molar-refractivity contribution is 9.10. The van der Waals surface area contributed by atoms with Crippen molar-refractivity contribution >= 4 is 51.1 Å². The van der Waals surface area contributed by atoms with Crippen molar-refractivity contribution in [1.29, 1.82) is 0 Å². The number of rotatable bonds is 4. The summed E-state index contributed by atoms with van der Waals surface area (Å²) in [6, 6.07) is 5.19. The van der Waals surface area contributed by atoms with Gasteiger partial charge in [0.25, 0.3) is 0 Å². The van der Waals surface area contributed by atoms with Crippen LogP contribution in [0.1, 0.15) is 10.4 Å². The number of halogens is 1. The predicted octanol–water partition coefficient (Wildman–Crippen LogP) is 3.41. The molecule has 0 saturated carbocycles. The van der Waals surface area contributed by atoms with Crippen molar-refractivity contribution in [3.8, 4) is 0 Å². The minimum atomic E-state index is -0.901. The number of nitrogens with one attached hydrogen (secondary N) is 1. The molecule has 1 aliphatic heterocycles. The lowest BCUT2D eigenvalue weighted by Gasteiger charge is -2.21. The number of carboxylic acids is 1. The summed E-state index contributed by atoms with van der Waals surface area (Å²) in [5.41, 5.74) is 1.16. The molecular weight excluding hydrogens is 334 g/mol. The van der Waals surface area contributed by atoms with Crippen LogP contribution in [0, 0.1) is 0 Å². The summed E-state index contributed by atoms with van der Waals surface area (Å²) < 4.78 is 0.788. The Balaban J connectivity index is 1.97. The SMILES string of the molecule is O=C(O)c1cc(Br)cc(NCC2CSCCS2)c1. The Kier molecular flexibility index (Phi) is 5.26. The zero-order valence-corrected chi connectivity index (χ0v) is 12.9. The number of carboxylic acid groups (broad SMARTS) is 1. The van der Waals surface area contributed by atoms with Gasteiger partial charge in [-0.15, -0.1) is 0 Å². The van der Waals surface area contributed by atoms with Crippen molar-refractivity contribution in [3.05, 3.63) is 28.2 Å². The Morgan fingerprint density at radius 3 is 2.94 bits per heavy atom. The van der Waals surface area contributed by atoms with Crippen LogP contribution in [0.15, 0.2) is 22.7 Å². The highest BCUT2D eigenvalue weighted by Gasteiger charge is 2.14. The molecule has 1 atom stereocenters. The van der Waals surface area contributed by atoms with E-state index in [0.29, 0.717) is 10.8 Å². The molecule has 1 fully saturated rings. The average molecular weight is 348 g/mol. The van der Waals surface area contributed by atoms with Crippen LogP contribution in [0.4, 0.5) is 5.69 Å². The normalized spacial score (nSPS) is 19.5. The molecule has 1 heterocycles. The lowest BCUT2D eigenvalue weighted by atomic mass is 10.2. The molecule has 1 aromatic rings. The van der Waals surface area contributed by atoms with Gasteiger partial charge in [0.15, 0.2) is 0 Å². The van der Waals surface area contributed by atoms with Crippen molar-refractivity contribution in [2.75, 3.05) is 29.1 Å². The fourth-order valence-corrected chi connectivity index (χ4v) is 4.81. The summed E-state index contributed by atoms with van der Waals surface area (Å²) in [7, 11) is 0. The largest absolute Gasteiger partial charge is 0.478 e. The van der Waals surface area contributed by atoms with Gasteiger partial charge in [0.05, 0.1) is 5.56 Å². The Bertz CT molecular complexity index is 436. The van der Waals surface area contributed by atoms with Gasteiger partial charge in [-0.3, -0.25) is 0 Å².